The van der Waals surface area contributed by atoms with E-state index in [9.17, 15) is 19.5 Å². The number of benzene rings is 2. The highest BCUT2D eigenvalue weighted by Gasteiger charge is 2.42. The maximum Gasteiger partial charge on any atom is 0.407 e. The number of hydrogen-bond donors (Lipinski definition) is 2. The first-order valence-electron chi connectivity index (χ1n) is 13.4. The number of H-pyrrole nitrogens is 1. The molecule has 2 aliphatic rings. The molecule has 2 amide bonds. The van der Waals surface area contributed by atoms with Gasteiger partial charge in [-0.1, -0.05) is 29.8 Å². The standard InChI is InChI=1S/C29H31ClFN5O5/c1-41-20-8-9-21(24(31)15-20)22-16-35(26-10-11-27(37)33-32-26)17-23(22)28(38)34-12-2-3-25(36(14-13-34)29(39)40)18-4-6-19(30)7-5-18/h4-11,15,22-23,25H,2-3,12-14,16-17H2,1H3,(H,33,37)(H,39,40)/t22-,23+,25?/m0/s1. The van der Waals surface area contributed by atoms with E-state index in [1.54, 1.807) is 35.2 Å². The van der Waals surface area contributed by atoms with Gasteiger partial charge in [0.2, 0.25) is 5.91 Å². The van der Waals surface area contributed by atoms with E-state index in [0.717, 1.165) is 5.56 Å². The molecule has 41 heavy (non-hydrogen) atoms. The monoisotopic (exact) mass is 583 g/mol. The van der Waals surface area contributed by atoms with Crippen LogP contribution in [0.3, 0.4) is 0 Å². The van der Waals surface area contributed by atoms with Crippen molar-refractivity contribution in [1.82, 2.24) is 20.0 Å². The molecule has 5 rings (SSSR count). The zero-order valence-corrected chi connectivity index (χ0v) is 23.3. The summed E-state index contributed by atoms with van der Waals surface area (Å²) in [5.74, 6) is -0.902. The maximum atomic E-state index is 15.3. The van der Waals surface area contributed by atoms with Crippen molar-refractivity contribution < 1.29 is 23.8 Å². The van der Waals surface area contributed by atoms with Crippen molar-refractivity contribution in [2.45, 2.75) is 24.8 Å². The summed E-state index contributed by atoms with van der Waals surface area (Å²) in [7, 11) is 1.46. The van der Waals surface area contributed by atoms with Crippen molar-refractivity contribution in [1.29, 1.82) is 0 Å². The van der Waals surface area contributed by atoms with Crippen LogP contribution in [0, 0.1) is 11.7 Å². The molecule has 0 radical (unpaired) electrons. The van der Waals surface area contributed by atoms with Crippen LogP contribution in [0.1, 0.15) is 35.9 Å². The fourth-order valence-corrected chi connectivity index (χ4v) is 5.97. The molecule has 2 N–H and O–H groups in total. The number of aromatic nitrogens is 2. The first-order valence-corrected chi connectivity index (χ1v) is 13.8. The van der Waals surface area contributed by atoms with E-state index >= 15 is 4.39 Å². The summed E-state index contributed by atoms with van der Waals surface area (Å²) < 4.78 is 20.4. The number of anilines is 1. The molecule has 3 aromatic rings. The number of amides is 2. The molecule has 0 spiro atoms. The molecule has 216 valence electrons. The van der Waals surface area contributed by atoms with Crippen LogP contribution in [0.15, 0.2) is 59.4 Å². The normalized spacial score (nSPS) is 21.3. The Bertz CT molecular complexity index is 1450. The summed E-state index contributed by atoms with van der Waals surface area (Å²) in [4.78, 5) is 42.8. The minimum Gasteiger partial charge on any atom is -0.497 e. The lowest BCUT2D eigenvalue weighted by molar-refractivity contribution is -0.136. The van der Waals surface area contributed by atoms with Crippen LogP contribution in [0.4, 0.5) is 15.0 Å². The summed E-state index contributed by atoms with van der Waals surface area (Å²) in [5, 5.41) is 17.1. The lowest BCUT2D eigenvalue weighted by Gasteiger charge is -2.36. The van der Waals surface area contributed by atoms with Crippen molar-refractivity contribution in [3.63, 3.8) is 0 Å². The highest BCUT2D eigenvalue weighted by molar-refractivity contribution is 6.30. The Labute approximate surface area is 241 Å². The van der Waals surface area contributed by atoms with Gasteiger partial charge < -0.3 is 19.6 Å². The SMILES string of the molecule is COc1ccc([C@@H]2CN(c3ccc(=O)[nH]n3)C[C@H]2C(=O)N2CCCC(c3ccc(Cl)cc3)N(C(=O)O)CC2)c(F)c1. The first kappa shape index (κ1) is 28.4. The average molecular weight is 584 g/mol. The Morgan fingerprint density at radius 1 is 1.07 bits per heavy atom. The predicted molar refractivity (Wildman–Crippen MR) is 151 cm³/mol. The minimum absolute atomic E-state index is 0.133. The molecular formula is C29H31ClFN5O5. The fourth-order valence-electron chi connectivity index (χ4n) is 5.85. The summed E-state index contributed by atoms with van der Waals surface area (Å²) >= 11 is 6.03. The molecule has 0 saturated carbocycles. The predicted octanol–water partition coefficient (Wildman–Crippen LogP) is 4.13. The largest absolute Gasteiger partial charge is 0.497 e. The number of aromatic amines is 1. The van der Waals surface area contributed by atoms with Gasteiger partial charge in [-0.2, -0.15) is 5.10 Å². The topological polar surface area (TPSA) is 119 Å². The van der Waals surface area contributed by atoms with Gasteiger partial charge in [0.15, 0.2) is 0 Å². The molecule has 1 unspecified atom stereocenters. The number of hydrogen-bond acceptors (Lipinski definition) is 6. The number of methoxy groups -OCH3 is 1. The van der Waals surface area contributed by atoms with Crippen LogP contribution >= 0.6 is 11.6 Å². The van der Waals surface area contributed by atoms with Gasteiger partial charge in [-0.25, -0.2) is 14.3 Å². The second-order valence-corrected chi connectivity index (χ2v) is 10.7. The quantitative estimate of drug-likeness (QED) is 0.463. The highest BCUT2D eigenvalue weighted by Crippen LogP contribution is 2.38. The molecule has 2 saturated heterocycles. The van der Waals surface area contributed by atoms with Crippen molar-refractivity contribution in [3.8, 4) is 5.75 Å². The highest BCUT2D eigenvalue weighted by atomic mass is 35.5. The number of nitrogens with one attached hydrogen (secondary N) is 1. The average Bonchev–Trinajstić information content (AvgIpc) is 3.38. The van der Waals surface area contributed by atoms with Gasteiger partial charge in [0.05, 0.1) is 19.1 Å². The van der Waals surface area contributed by atoms with Crippen LogP contribution in [0.2, 0.25) is 5.02 Å². The molecule has 12 heteroatoms. The fraction of sp³-hybridized carbons (Fsp3) is 0.379. The van der Waals surface area contributed by atoms with Crippen LogP contribution in [0.25, 0.3) is 0 Å². The number of carbonyl (C=O) groups is 2. The van der Waals surface area contributed by atoms with E-state index in [1.165, 1.54) is 24.1 Å². The molecule has 2 fully saturated rings. The van der Waals surface area contributed by atoms with Crippen molar-refractivity contribution in [3.05, 3.63) is 86.9 Å². The zero-order valence-electron chi connectivity index (χ0n) is 22.5. The number of carboxylic acid groups (broad SMARTS) is 1. The summed E-state index contributed by atoms with van der Waals surface area (Å²) in [5.41, 5.74) is 0.892. The lowest BCUT2D eigenvalue weighted by atomic mass is 9.87. The smallest absolute Gasteiger partial charge is 0.407 e. The second-order valence-electron chi connectivity index (χ2n) is 10.3. The van der Waals surface area contributed by atoms with Crippen LogP contribution in [0.5, 0.6) is 5.75 Å². The molecule has 10 nitrogen and oxygen atoms in total. The number of nitrogens with zero attached hydrogens (tertiary/aromatic N) is 4. The van der Waals surface area contributed by atoms with Crippen molar-refractivity contribution in [2.75, 3.05) is 44.7 Å². The third kappa shape index (κ3) is 6.14. The lowest BCUT2D eigenvalue weighted by Crippen LogP contribution is -2.47. The Kier molecular flexibility index (Phi) is 8.44. The van der Waals surface area contributed by atoms with E-state index in [-0.39, 0.29) is 37.1 Å². The molecule has 3 atom stereocenters. The second kappa shape index (κ2) is 12.2. The number of carbonyl (C=O) groups excluding carboxylic acids is 1. The summed E-state index contributed by atoms with van der Waals surface area (Å²) in [6.45, 7) is 1.36. The Balaban J connectivity index is 1.40. The maximum absolute atomic E-state index is 15.3. The van der Waals surface area contributed by atoms with Gasteiger partial charge in [0.1, 0.15) is 17.4 Å². The Morgan fingerprint density at radius 2 is 1.85 bits per heavy atom. The van der Waals surface area contributed by atoms with Crippen molar-refractivity contribution >= 4 is 29.4 Å². The molecule has 3 heterocycles. The van der Waals surface area contributed by atoms with Gasteiger partial charge >= 0.3 is 6.09 Å². The molecule has 2 aliphatic heterocycles. The number of rotatable bonds is 5. The molecular weight excluding hydrogens is 553 g/mol. The molecule has 0 bridgehead atoms. The molecule has 1 aromatic heterocycles. The van der Waals surface area contributed by atoms with Gasteiger partial charge in [-0.3, -0.25) is 14.5 Å². The first-order chi connectivity index (χ1) is 19.7. The molecule has 0 aliphatic carbocycles. The third-order valence-corrected chi connectivity index (χ3v) is 8.19. The summed E-state index contributed by atoms with van der Waals surface area (Å²) in [6.07, 6.45) is 0.0582. The number of halogens is 2. The number of ether oxygens (including phenoxy) is 1. The van der Waals surface area contributed by atoms with Crippen LogP contribution in [-0.4, -0.2) is 76.9 Å². The van der Waals surface area contributed by atoms with Crippen LogP contribution < -0.4 is 15.2 Å². The third-order valence-electron chi connectivity index (χ3n) is 7.94. The van der Waals surface area contributed by atoms with Gasteiger partial charge in [0.25, 0.3) is 5.56 Å². The van der Waals surface area contributed by atoms with Crippen LogP contribution in [-0.2, 0) is 4.79 Å². The van der Waals surface area contributed by atoms with Gasteiger partial charge in [-0.15, -0.1) is 0 Å². The van der Waals surface area contributed by atoms with Gasteiger partial charge in [0, 0.05) is 55.8 Å². The van der Waals surface area contributed by atoms with Crippen molar-refractivity contribution in [2.24, 2.45) is 5.92 Å². The van der Waals surface area contributed by atoms with E-state index in [0.29, 0.717) is 48.1 Å². The Hall–Kier alpha value is -4.12. The van der Waals surface area contributed by atoms with E-state index < -0.39 is 23.7 Å². The van der Waals surface area contributed by atoms with Gasteiger partial charge in [-0.05, 0) is 48.2 Å². The zero-order chi connectivity index (χ0) is 29.1. The van der Waals surface area contributed by atoms with E-state index in [1.807, 2.05) is 17.0 Å². The Morgan fingerprint density at radius 3 is 2.51 bits per heavy atom. The van der Waals surface area contributed by atoms with E-state index in [4.69, 9.17) is 16.3 Å². The molecule has 2 aromatic carbocycles. The summed E-state index contributed by atoms with van der Waals surface area (Å²) in [6, 6.07) is 14.3. The minimum atomic E-state index is -1.06. The van der Waals surface area contributed by atoms with E-state index in [2.05, 4.69) is 10.2 Å².